The first-order valence-electron chi connectivity index (χ1n) is 9.67. The molecular weight excluding hydrogens is 382 g/mol. The fourth-order valence-corrected chi connectivity index (χ4v) is 3.94. The van der Waals surface area contributed by atoms with E-state index in [2.05, 4.69) is 30.6 Å². The van der Waals surface area contributed by atoms with Crippen molar-refractivity contribution in [2.24, 2.45) is 0 Å². The lowest BCUT2D eigenvalue weighted by Crippen LogP contribution is -2.39. The lowest BCUT2D eigenvalue weighted by molar-refractivity contribution is 0.0284. The summed E-state index contributed by atoms with van der Waals surface area (Å²) in [6.45, 7) is 2.93. The number of rotatable bonds is 4. The number of H-pyrrole nitrogens is 1. The van der Waals surface area contributed by atoms with E-state index in [0.717, 1.165) is 5.56 Å². The van der Waals surface area contributed by atoms with Gasteiger partial charge >= 0.3 is 0 Å². The maximum Gasteiger partial charge on any atom is 0.243 e. The quantitative estimate of drug-likeness (QED) is 0.687. The van der Waals surface area contributed by atoms with Crippen molar-refractivity contribution in [2.75, 3.05) is 36.5 Å². The Bertz CT molecular complexity index is 1000. The highest BCUT2D eigenvalue weighted by atomic mass is 19.1. The molecule has 0 saturated carbocycles. The van der Waals surface area contributed by atoms with Crippen LogP contribution in [0.1, 0.15) is 19.8 Å². The standard InChI is InChI=1S/C18H22F2N8O/c1-18(20)3-4-27(9-18)15-14(11-6-22-23-7-11)21-10-28-16(15)25-17(26-28)24-13-2-5-29-8-12(13)19/h6-7,10,12-13H,2-5,8-9H2,1H3,(H,22,23)(H,24,26)/t12-,13+,18+/m1/s1. The second kappa shape index (κ2) is 6.90. The van der Waals surface area contributed by atoms with E-state index in [4.69, 9.17) is 4.74 Å². The summed E-state index contributed by atoms with van der Waals surface area (Å²) >= 11 is 0. The molecule has 9 nitrogen and oxygen atoms in total. The molecule has 3 atom stereocenters. The first-order valence-corrected chi connectivity index (χ1v) is 9.67. The molecule has 2 aliphatic rings. The van der Waals surface area contributed by atoms with Gasteiger partial charge in [0.2, 0.25) is 5.95 Å². The Morgan fingerprint density at radius 1 is 1.41 bits per heavy atom. The minimum Gasteiger partial charge on any atom is -0.378 e. The van der Waals surface area contributed by atoms with E-state index < -0.39 is 17.9 Å². The number of alkyl halides is 2. The zero-order valence-electron chi connectivity index (χ0n) is 16.0. The monoisotopic (exact) mass is 404 g/mol. The third-order valence-electron chi connectivity index (χ3n) is 5.48. The van der Waals surface area contributed by atoms with Crippen LogP contribution in [0.5, 0.6) is 0 Å². The SMILES string of the molecule is C[C@]1(F)CCN(c2c(-c3cn[nH]c3)ncn3nc(N[C@H]4CCOC[C@H]4F)nc23)C1. The van der Waals surface area contributed by atoms with Crippen LogP contribution in [0.2, 0.25) is 0 Å². The van der Waals surface area contributed by atoms with Gasteiger partial charge in [0.1, 0.15) is 29.5 Å². The number of aromatic nitrogens is 6. The van der Waals surface area contributed by atoms with E-state index in [9.17, 15) is 8.78 Å². The van der Waals surface area contributed by atoms with Gasteiger partial charge in [0, 0.05) is 31.3 Å². The highest BCUT2D eigenvalue weighted by molar-refractivity contribution is 5.85. The van der Waals surface area contributed by atoms with E-state index in [0.29, 0.717) is 49.0 Å². The summed E-state index contributed by atoms with van der Waals surface area (Å²) in [6.07, 6.45) is 4.79. The Morgan fingerprint density at radius 2 is 2.31 bits per heavy atom. The second-order valence-corrected chi connectivity index (χ2v) is 7.85. The Morgan fingerprint density at radius 3 is 3.03 bits per heavy atom. The van der Waals surface area contributed by atoms with Gasteiger partial charge in [0.15, 0.2) is 5.65 Å². The summed E-state index contributed by atoms with van der Waals surface area (Å²) in [5, 5.41) is 14.3. The van der Waals surface area contributed by atoms with E-state index in [1.807, 2.05) is 4.90 Å². The molecule has 5 rings (SSSR count). The number of ether oxygens (including phenoxy) is 1. The van der Waals surface area contributed by atoms with Crippen molar-refractivity contribution in [3.8, 4) is 11.3 Å². The van der Waals surface area contributed by atoms with Gasteiger partial charge < -0.3 is 15.0 Å². The molecule has 0 aromatic carbocycles. The van der Waals surface area contributed by atoms with Gasteiger partial charge in [-0.3, -0.25) is 5.10 Å². The molecule has 2 fully saturated rings. The summed E-state index contributed by atoms with van der Waals surface area (Å²) in [4.78, 5) is 11.1. The number of nitrogens with one attached hydrogen (secondary N) is 2. The summed E-state index contributed by atoms with van der Waals surface area (Å²) in [5.74, 6) is 0.314. The van der Waals surface area contributed by atoms with Crippen LogP contribution in [-0.4, -0.2) is 74.0 Å². The molecule has 0 unspecified atom stereocenters. The molecule has 29 heavy (non-hydrogen) atoms. The van der Waals surface area contributed by atoms with E-state index in [1.165, 1.54) is 0 Å². The maximum atomic E-state index is 14.6. The summed E-state index contributed by atoms with van der Waals surface area (Å²) < 4.78 is 35.4. The van der Waals surface area contributed by atoms with Crippen molar-refractivity contribution in [2.45, 2.75) is 37.6 Å². The molecule has 2 N–H and O–H groups in total. The molecule has 0 amide bonds. The Kier molecular flexibility index (Phi) is 4.34. The van der Waals surface area contributed by atoms with Gasteiger partial charge in [0.05, 0.1) is 25.4 Å². The van der Waals surface area contributed by atoms with Gasteiger partial charge in [0.25, 0.3) is 0 Å². The fraction of sp³-hybridized carbons (Fsp3) is 0.556. The molecule has 2 saturated heterocycles. The lowest BCUT2D eigenvalue weighted by Gasteiger charge is -2.26. The second-order valence-electron chi connectivity index (χ2n) is 7.85. The molecule has 0 bridgehead atoms. The molecule has 0 aliphatic carbocycles. The predicted octanol–water partition coefficient (Wildman–Crippen LogP) is 1.99. The Balaban J connectivity index is 1.56. The number of nitrogens with zero attached hydrogens (tertiary/aromatic N) is 6. The number of fused-ring (bicyclic) bond motifs is 1. The number of hydrogen-bond donors (Lipinski definition) is 2. The lowest BCUT2D eigenvalue weighted by atomic mass is 10.1. The maximum absolute atomic E-state index is 14.6. The van der Waals surface area contributed by atoms with Crippen LogP contribution < -0.4 is 10.2 Å². The van der Waals surface area contributed by atoms with E-state index >= 15 is 0 Å². The average Bonchev–Trinajstić information content (AvgIpc) is 3.42. The van der Waals surface area contributed by atoms with Crippen LogP contribution in [0.3, 0.4) is 0 Å². The number of hydrogen-bond acceptors (Lipinski definition) is 7. The number of aromatic amines is 1. The van der Waals surface area contributed by atoms with E-state index in [1.54, 1.807) is 30.2 Å². The van der Waals surface area contributed by atoms with Gasteiger partial charge in [-0.2, -0.15) is 14.6 Å². The number of anilines is 2. The van der Waals surface area contributed by atoms with Crippen molar-refractivity contribution in [1.82, 2.24) is 29.8 Å². The van der Waals surface area contributed by atoms with Crippen LogP contribution in [0, 0.1) is 0 Å². The Hall–Kier alpha value is -2.82. The minimum atomic E-state index is -1.29. The highest BCUT2D eigenvalue weighted by Crippen LogP contribution is 2.37. The molecule has 0 spiro atoms. The molecule has 11 heteroatoms. The largest absolute Gasteiger partial charge is 0.378 e. The number of halogens is 2. The fourth-order valence-electron chi connectivity index (χ4n) is 3.94. The summed E-state index contributed by atoms with van der Waals surface area (Å²) in [5.41, 5.74) is 1.38. The van der Waals surface area contributed by atoms with Crippen LogP contribution in [0.25, 0.3) is 16.9 Å². The van der Waals surface area contributed by atoms with Crippen LogP contribution in [0.4, 0.5) is 20.4 Å². The van der Waals surface area contributed by atoms with Crippen molar-refractivity contribution in [3.63, 3.8) is 0 Å². The highest BCUT2D eigenvalue weighted by Gasteiger charge is 2.36. The minimum absolute atomic E-state index is 0.0609. The molecule has 5 heterocycles. The van der Waals surface area contributed by atoms with Crippen molar-refractivity contribution >= 4 is 17.3 Å². The molecule has 3 aromatic heterocycles. The third-order valence-corrected chi connectivity index (χ3v) is 5.48. The third kappa shape index (κ3) is 3.39. The van der Waals surface area contributed by atoms with Gasteiger partial charge in [-0.15, -0.1) is 5.10 Å². The van der Waals surface area contributed by atoms with Crippen LogP contribution in [-0.2, 0) is 4.74 Å². The molecule has 2 aliphatic heterocycles. The van der Waals surface area contributed by atoms with E-state index in [-0.39, 0.29) is 13.2 Å². The molecule has 154 valence electrons. The average molecular weight is 404 g/mol. The summed E-state index contributed by atoms with van der Waals surface area (Å²) in [6, 6.07) is -0.410. The first kappa shape index (κ1) is 18.2. The molecule has 0 radical (unpaired) electrons. The van der Waals surface area contributed by atoms with Crippen molar-refractivity contribution < 1.29 is 13.5 Å². The zero-order valence-corrected chi connectivity index (χ0v) is 16.0. The topological polar surface area (TPSA) is 96.3 Å². The smallest absolute Gasteiger partial charge is 0.243 e. The van der Waals surface area contributed by atoms with Crippen molar-refractivity contribution in [3.05, 3.63) is 18.7 Å². The predicted molar refractivity (Wildman–Crippen MR) is 102 cm³/mol. The van der Waals surface area contributed by atoms with Crippen LogP contribution >= 0.6 is 0 Å². The molecular formula is C18H22F2N8O. The van der Waals surface area contributed by atoms with Gasteiger partial charge in [-0.05, 0) is 13.3 Å². The normalized spacial score (nSPS) is 27.6. The zero-order chi connectivity index (χ0) is 20.0. The van der Waals surface area contributed by atoms with Gasteiger partial charge in [-0.1, -0.05) is 0 Å². The van der Waals surface area contributed by atoms with Crippen molar-refractivity contribution in [1.29, 1.82) is 0 Å². The Labute approximate surface area is 165 Å². The van der Waals surface area contributed by atoms with Gasteiger partial charge in [-0.25, -0.2) is 13.8 Å². The van der Waals surface area contributed by atoms with Crippen LogP contribution in [0.15, 0.2) is 18.7 Å². The summed E-state index contributed by atoms with van der Waals surface area (Å²) in [7, 11) is 0. The first-order chi connectivity index (χ1) is 14.0. The molecule has 3 aromatic rings.